The van der Waals surface area contributed by atoms with Gasteiger partial charge in [-0.25, -0.2) is 0 Å². The van der Waals surface area contributed by atoms with Crippen molar-refractivity contribution in [2.75, 3.05) is 41.0 Å². The van der Waals surface area contributed by atoms with Crippen molar-refractivity contribution in [1.29, 1.82) is 0 Å². The van der Waals surface area contributed by atoms with Gasteiger partial charge in [-0.3, -0.25) is 9.59 Å². The Hall–Kier alpha value is -1.56. The molecule has 0 aromatic heterocycles. The Morgan fingerprint density at radius 2 is 1.82 bits per heavy atom. The van der Waals surface area contributed by atoms with Gasteiger partial charge in [-0.05, 0) is 7.05 Å². The fraction of sp³-hybridized carbons (Fsp3) is 0.636. The molecule has 0 aliphatic heterocycles. The third-order valence-corrected chi connectivity index (χ3v) is 2.17. The average Bonchev–Trinajstić information content (AvgIpc) is 2.34. The van der Waals surface area contributed by atoms with Crippen LogP contribution in [0.4, 0.5) is 0 Å². The first-order valence-corrected chi connectivity index (χ1v) is 5.13. The van der Waals surface area contributed by atoms with E-state index in [0.717, 1.165) is 0 Å². The first-order chi connectivity index (χ1) is 8.06. The summed E-state index contributed by atoms with van der Waals surface area (Å²) in [6.45, 7) is 4.64. The van der Waals surface area contributed by atoms with Crippen molar-refractivity contribution in [1.82, 2.24) is 4.90 Å². The first kappa shape index (κ1) is 15.4. The molecular weight excluding hydrogens is 226 g/mol. The molecule has 0 spiro atoms. The summed E-state index contributed by atoms with van der Waals surface area (Å²) in [5.41, 5.74) is 0. The van der Waals surface area contributed by atoms with Crippen LogP contribution in [0.2, 0.25) is 0 Å². The smallest absolute Gasteiger partial charge is 0.321 e. The highest BCUT2D eigenvalue weighted by atomic mass is 16.5. The fourth-order valence-corrected chi connectivity index (χ4v) is 1.22. The lowest BCUT2D eigenvalue weighted by molar-refractivity contribution is -0.159. The lowest BCUT2D eigenvalue weighted by Crippen LogP contribution is -2.38. The normalized spacial score (nSPS) is 10.2. The molecule has 0 fully saturated rings. The molecule has 0 bridgehead atoms. The molecule has 0 heterocycles. The second-order valence-corrected chi connectivity index (χ2v) is 3.40. The predicted octanol–water partition coefficient (Wildman–Crippen LogP) is 0.0405. The van der Waals surface area contributed by atoms with Crippen LogP contribution < -0.4 is 0 Å². The van der Waals surface area contributed by atoms with E-state index >= 15 is 0 Å². The van der Waals surface area contributed by atoms with Crippen LogP contribution >= 0.6 is 0 Å². The van der Waals surface area contributed by atoms with Crippen molar-refractivity contribution in [3.63, 3.8) is 0 Å². The molecule has 0 atom stereocenters. The van der Waals surface area contributed by atoms with Crippen LogP contribution in [0.3, 0.4) is 0 Å². The van der Waals surface area contributed by atoms with Gasteiger partial charge < -0.3 is 19.1 Å². The predicted molar refractivity (Wildman–Crippen MR) is 61.2 cm³/mol. The monoisotopic (exact) mass is 245 g/mol. The van der Waals surface area contributed by atoms with Crippen LogP contribution in [0.15, 0.2) is 12.8 Å². The van der Waals surface area contributed by atoms with E-state index in [2.05, 4.69) is 16.1 Å². The Labute approximate surface area is 101 Å². The zero-order valence-corrected chi connectivity index (χ0v) is 10.5. The fourth-order valence-electron chi connectivity index (χ4n) is 1.22. The summed E-state index contributed by atoms with van der Waals surface area (Å²) in [5.74, 6) is -2.14. The second-order valence-electron chi connectivity index (χ2n) is 3.40. The summed E-state index contributed by atoms with van der Waals surface area (Å²) in [4.78, 5) is 24.5. The highest BCUT2D eigenvalue weighted by Crippen LogP contribution is 2.04. The maximum atomic E-state index is 11.4. The molecule has 0 aromatic rings. The van der Waals surface area contributed by atoms with E-state index < -0.39 is 17.9 Å². The molecule has 0 saturated heterocycles. The quantitative estimate of drug-likeness (QED) is 0.260. The van der Waals surface area contributed by atoms with Gasteiger partial charge in [-0.15, -0.1) is 0 Å². The zero-order valence-electron chi connectivity index (χ0n) is 10.5. The maximum absolute atomic E-state index is 11.4. The summed E-state index contributed by atoms with van der Waals surface area (Å²) in [6, 6.07) is 0. The molecule has 6 heteroatoms. The Morgan fingerprint density at radius 1 is 1.29 bits per heavy atom. The summed E-state index contributed by atoms with van der Waals surface area (Å²) >= 11 is 0. The number of carbonyl (C=O) groups is 2. The van der Waals surface area contributed by atoms with Gasteiger partial charge >= 0.3 is 11.9 Å². The highest BCUT2D eigenvalue weighted by molar-refractivity contribution is 5.95. The Bertz CT molecular complexity index is 251. The van der Waals surface area contributed by atoms with Crippen LogP contribution in [0.1, 0.15) is 0 Å². The van der Waals surface area contributed by atoms with E-state index in [9.17, 15) is 9.59 Å². The Morgan fingerprint density at radius 3 is 2.24 bits per heavy atom. The number of esters is 2. The maximum Gasteiger partial charge on any atom is 0.321 e. The molecule has 0 unspecified atom stereocenters. The molecule has 0 radical (unpaired) electrons. The van der Waals surface area contributed by atoms with Crippen molar-refractivity contribution < 1.29 is 23.8 Å². The lowest BCUT2D eigenvalue weighted by atomic mass is 10.1. The third kappa shape index (κ3) is 5.91. The minimum absolute atomic E-state index is 0.222. The highest BCUT2D eigenvalue weighted by Gasteiger charge is 2.29. The number of hydrogen-bond acceptors (Lipinski definition) is 6. The van der Waals surface area contributed by atoms with Gasteiger partial charge in [-0.1, -0.05) is 6.58 Å². The van der Waals surface area contributed by atoms with Crippen molar-refractivity contribution in [2.45, 2.75) is 0 Å². The molecule has 0 rings (SSSR count). The first-order valence-electron chi connectivity index (χ1n) is 5.13. The van der Waals surface area contributed by atoms with Gasteiger partial charge in [0.2, 0.25) is 0 Å². The number of carbonyl (C=O) groups excluding carboxylic acids is 2. The topological polar surface area (TPSA) is 65.1 Å². The number of rotatable bonds is 8. The van der Waals surface area contributed by atoms with Crippen LogP contribution in [0, 0.1) is 5.92 Å². The second kappa shape index (κ2) is 8.58. The number of ether oxygens (including phenoxy) is 3. The zero-order chi connectivity index (χ0) is 13.3. The van der Waals surface area contributed by atoms with Gasteiger partial charge in [0.25, 0.3) is 0 Å². The van der Waals surface area contributed by atoms with E-state index in [-0.39, 0.29) is 6.54 Å². The molecule has 98 valence electrons. The molecule has 17 heavy (non-hydrogen) atoms. The number of nitrogens with zero attached hydrogens (tertiary/aromatic N) is 1. The van der Waals surface area contributed by atoms with Crippen molar-refractivity contribution >= 4 is 11.9 Å². The van der Waals surface area contributed by atoms with Crippen LogP contribution in [0.25, 0.3) is 0 Å². The average molecular weight is 245 g/mol. The minimum Gasteiger partial charge on any atom is -0.500 e. The molecular formula is C11H19NO5. The van der Waals surface area contributed by atoms with E-state index in [4.69, 9.17) is 4.74 Å². The summed E-state index contributed by atoms with van der Waals surface area (Å²) in [6.07, 6.45) is 1.34. The van der Waals surface area contributed by atoms with Crippen molar-refractivity contribution in [3.8, 4) is 0 Å². The van der Waals surface area contributed by atoms with Gasteiger partial charge in [0.15, 0.2) is 5.92 Å². The third-order valence-electron chi connectivity index (χ3n) is 2.17. The standard InChI is InChI=1S/C11H19NO5/c1-5-17-7-6-12(2)8-9(10(13)15-3)11(14)16-4/h5,9H,1,6-8H2,2-4H3. The number of likely N-dealkylation sites (N-methyl/N-ethyl adjacent to an activating group) is 1. The SMILES string of the molecule is C=COCCN(C)CC(C(=O)OC)C(=O)OC. The molecule has 0 aromatic carbocycles. The van der Waals surface area contributed by atoms with E-state index in [1.807, 2.05) is 0 Å². The van der Waals surface area contributed by atoms with Gasteiger partial charge in [0.05, 0.1) is 27.1 Å². The summed E-state index contributed by atoms with van der Waals surface area (Å²) < 4.78 is 14.0. The van der Waals surface area contributed by atoms with Crippen LogP contribution in [-0.2, 0) is 23.8 Å². The molecule has 0 saturated carbocycles. The molecule has 0 amide bonds. The number of methoxy groups -OCH3 is 2. The molecule has 6 nitrogen and oxygen atoms in total. The molecule has 0 aliphatic carbocycles. The van der Waals surface area contributed by atoms with Crippen LogP contribution in [-0.4, -0.2) is 57.8 Å². The van der Waals surface area contributed by atoms with Crippen molar-refractivity contribution in [3.05, 3.63) is 12.8 Å². The van der Waals surface area contributed by atoms with E-state index in [1.165, 1.54) is 20.5 Å². The van der Waals surface area contributed by atoms with Gasteiger partial charge in [0.1, 0.15) is 0 Å². The summed E-state index contributed by atoms with van der Waals surface area (Å²) in [5, 5.41) is 0. The van der Waals surface area contributed by atoms with Crippen LogP contribution in [0.5, 0.6) is 0 Å². The Kier molecular flexibility index (Phi) is 7.79. The number of hydrogen-bond donors (Lipinski definition) is 0. The lowest BCUT2D eigenvalue weighted by Gasteiger charge is -2.20. The van der Waals surface area contributed by atoms with E-state index in [1.54, 1.807) is 11.9 Å². The Balaban J connectivity index is 4.27. The molecule has 0 aliphatic rings. The largest absolute Gasteiger partial charge is 0.500 e. The van der Waals surface area contributed by atoms with Gasteiger partial charge in [-0.2, -0.15) is 0 Å². The van der Waals surface area contributed by atoms with E-state index in [0.29, 0.717) is 13.2 Å². The summed E-state index contributed by atoms with van der Waals surface area (Å²) in [7, 11) is 4.24. The van der Waals surface area contributed by atoms with Crippen molar-refractivity contribution in [2.24, 2.45) is 5.92 Å². The minimum atomic E-state index is -0.932. The van der Waals surface area contributed by atoms with Gasteiger partial charge in [0, 0.05) is 13.1 Å². The molecule has 0 N–H and O–H groups in total.